The maximum Gasteiger partial charge on any atom is 0.416 e. The van der Waals surface area contributed by atoms with Crippen LogP contribution in [0.5, 0.6) is 0 Å². The van der Waals surface area contributed by atoms with Crippen LogP contribution in [0.2, 0.25) is 0 Å². The largest absolute Gasteiger partial charge is 0.416 e. The average molecular weight is 581 g/mol. The number of hydrogen-bond acceptors (Lipinski definition) is 2. The van der Waals surface area contributed by atoms with Crippen LogP contribution in [-0.2, 0) is 17.4 Å². The van der Waals surface area contributed by atoms with Crippen LogP contribution in [-0.4, -0.2) is 53.5 Å². The minimum Gasteiger partial charge on any atom is -0.339 e. The van der Waals surface area contributed by atoms with Gasteiger partial charge in [0.1, 0.15) is 0 Å². The Balaban J connectivity index is 1.28. The van der Waals surface area contributed by atoms with E-state index < -0.39 is 35.7 Å². The molecule has 1 aliphatic carbocycles. The van der Waals surface area contributed by atoms with E-state index in [4.69, 9.17) is 0 Å². The number of hydrogen-bond donors (Lipinski definition) is 0. The summed E-state index contributed by atoms with van der Waals surface area (Å²) in [5.41, 5.74) is 0.405. The molecule has 2 amide bonds. The van der Waals surface area contributed by atoms with Crippen LogP contribution in [0.15, 0.2) is 42.5 Å². The van der Waals surface area contributed by atoms with E-state index in [0.717, 1.165) is 38.2 Å². The van der Waals surface area contributed by atoms with Gasteiger partial charge in [0.2, 0.25) is 5.91 Å². The third-order valence-corrected chi connectivity index (χ3v) is 8.96. The van der Waals surface area contributed by atoms with Gasteiger partial charge in [-0.05, 0) is 73.4 Å². The molecule has 0 spiro atoms. The van der Waals surface area contributed by atoms with Crippen molar-refractivity contribution in [3.63, 3.8) is 0 Å². The lowest BCUT2D eigenvalue weighted by Crippen LogP contribution is -2.42. The van der Waals surface area contributed by atoms with Gasteiger partial charge in [0.05, 0.1) is 11.5 Å². The highest BCUT2D eigenvalue weighted by molar-refractivity contribution is 5.94. The first kappa shape index (κ1) is 29.5. The first-order valence-corrected chi connectivity index (χ1v) is 14.4. The minimum atomic E-state index is -4.60. The van der Waals surface area contributed by atoms with Crippen molar-refractivity contribution in [2.75, 3.05) is 19.6 Å². The molecule has 0 N–H and O–H groups in total. The van der Waals surface area contributed by atoms with Gasteiger partial charge in [0.15, 0.2) is 0 Å². The predicted octanol–water partition coefficient (Wildman–Crippen LogP) is 7.51. The second-order valence-corrected chi connectivity index (χ2v) is 11.6. The van der Waals surface area contributed by atoms with Gasteiger partial charge >= 0.3 is 12.4 Å². The summed E-state index contributed by atoms with van der Waals surface area (Å²) in [6.07, 6.45) is -3.35. The molecule has 10 heteroatoms. The summed E-state index contributed by atoms with van der Waals surface area (Å²) in [6.45, 7) is 0.602. The molecule has 222 valence electrons. The van der Waals surface area contributed by atoms with Crippen LogP contribution in [0.25, 0.3) is 11.1 Å². The summed E-state index contributed by atoms with van der Waals surface area (Å²) in [7, 11) is 0. The zero-order valence-electron chi connectivity index (χ0n) is 22.7. The van der Waals surface area contributed by atoms with E-state index in [9.17, 15) is 35.9 Å². The molecular weight excluding hydrogens is 546 g/mol. The second kappa shape index (κ2) is 11.7. The monoisotopic (exact) mass is 580 g/mol. The molecule has 2 aromatic carbocycles. The Morgan fingerprint density at radius 1 is 0.780 bits per heavy atom. The second-order valence-electron chi connectivity index (χ2n) is 11.6. The molecule has 1 unspecified atom stereocenters. The van der Waals surface area contributed by atoms with Gasteiger partial charge in [-0.3, -0.25) is 9.59 Å². The van der Waals surface area contributed by atoms with E-state index in [1.54, 1.807) is 18.2 Å². The molecule has 3 aliphatic rings. The Labute approximate surface area is 235 Å². The molecule has 0 bridgehead atoms. The number of likely N-dealkylation sites (tertiary alicyclic amines) is 2. The van der Waals surface area contributed by atoms with Crippen molar-refractivity contribution >= 4 is 11.8 Å². The van der Waals surface area contributed by atoms with Crippen molar-refractivity contribution in [1.29, 1.82) is 0 Å². The molecular formula is C31H34F6N2O2. The van der Waals surface area contributed by atoms with Crippen molar-refractivity contribution < 1.29 is 35.9 Å². The fourth-order valence-corrected chi connectivity index (χ4v) is 6.57. The molecule has 1 saturated carbocycles. The Morgan fingerprint density at radius 3 is 2.02 bits per heavy atom. The lowest BCUT2D eigenvalue weighted by Gasteiger charge is -2.33. The van der Waals surface area contributed by atoms with Crippen LogP contribution < -0.4 is 0 Å². The van der Waals surface area contributed by atoms with Crippen LogP contribution in [0, 0.1) is 11.8 Å². The molecule has 3 fully saturated rings. The molecule has 2 aliphatic heterocycles. The number of alkyl halides is 6. The molecule has 2 saturated heterocycles. The maximum atomic E-state index is 14.1. The van der Waals surface area contributed by atoms with E-state index in [2.05, 4.69) is 0 Å². The number of nitrogens with zero attached hydrogens (tertiary/aromatic N) is 2. The highest BCUT2D eigenvalue weighted by Crippen LogP contribution is 2.38. The van der Waals surface area contributed by atoms with Crippen LogP contribution in [0.1, 0.15) is 72.9 Å². The molecule has 0 radical (unpaired) electrons. The van der Waals surface area contributed by atoms with Crippen LogP contribution in [0.4, 0.5) is 26.3 Å². The van der Waals surface area contributed by atoms with E-state index in [1.807, 2.05) is 4.90 Å². The van der Waals surface area contributed by atoms with Gasteiger partial charge in [-0.1, -0.05) is 43.5 Å². The van der Waals surface area contributed by atoms with Crippen molar-refractivity contribution in [2.45, 2.75) is 76.2 Å². The summed E-state index contributed by atoms with van der Waals surface area (Å²) in [5, 5.41) is 0. The number of carbonyl (C=O) groups excluding carboxylic acids is 2. The Morgan fingerprint density at radius 2 is 1.41 bits per heavy atom. The van der Waals surface area contributed by atoms with E-state index in [1.165, 1.54) is 23.1 Å². The number of halogens is 6. The van der Waals surface area contributed by atoms with E-state index >= 15 is 0 Å². The van der Waals surface area contributed by atoms with Gasteiger partial charge in [-0.15, -0.1) is 0 Å². The predicted molar refractivity (Wildman–Crippen MR) is 142 cm³/mol. The highest BCUT2D eigenvalue weighted by Gasteiger charge is 2.42. The van der Waals surface area contributed by atoms with Crippen molar-refractivity contribution in [3.05, 3.63) is 59.2 Å². The topological polar surface area (TPSA) is 40.6 Å². The SMILES string of the molecule is O=C(c1ccc(-c2ccc(CC3CCN(C4CCCCC4)C3=O)c(C(F)(F)F)c2)cc1)N1CCC(C(F)(F)F)CC1. The average Bonchev–Trinajstić information content (AvgIpc) is 3.32. The summed E-state index contributed by atoms with van der Waals surface area (Å²) >= 11 is 0. The zero-order chi connectivity index (χ0) is 29.4. The molecule has 1 atom stereocenters. The normalized spacial score (nSPS) is 21.5. The molecule has 2 aromatic rings. The van der Waals surface area contributed by atoms with Crippen molar-refractivity contribution in [1.82, 2.24) is 9.80 Å². The van der Waals surface area contributed by atoms with Gasteiger partial charge in [-0.25, -0.2) is 0 Å². The quantitative estimate of drug-likeness (QED) is 0.344. The highest BCUT2D eigenvalue weighted by atomic mass is 19.4. The van der Waals surface area contributed by atoms with Gasteiger partial charge in [0.25, 0.3) is 5.91 Å². The van der Waals surface area contributed by atoms with Crippen molar-refractivity contribution in [3.8, 4) is 11.1 Å². The number of carbonyl (C=O) groups is 2. The molecule has 41 heavy (non-hydrogen) atoms. The molecule has 2 heterocycles. The number of piperidine rings is 1. The first-order chi connectivity index (χ1) is 19.4. The van der Waals surface area contributed by atoms with Crippen LogP contribution in [0.3, 0.4) is 0 Å². The fraction of sp³-hybridized carbons (Fsp3) is 0.548. The molecule has 0 aromatic heterocycles. The molecule has 4 nitrogen and oxygen atoms in total. The van der Waals surface area contributed by atoms with E-state index in [-0.39, 0.29) is 55.4 Å². The maximum absolute atomic E-state index is 14.1. The fourth-order valence-electron chi connectivity index (χ4n) is 6.57. The summed E-state index contributed by atoms with van der Waals surface area (Å²) in [6, 6.07) is 10.4. The third-order valence-electron chi connectivity index (χ3n) is 8.96. The van der Waals surface area contributed by atoms with Gasteiger partial charge in [0, 0.05) is 37.2 Å². The Bertz CT molecular complexity index is 1240. The van der Waals surface area contributed by atoms with E-state index in [0.29, 0.717) is 24.1 Å². The first-order valence-electron chi connectivity index (χ1n) is 14.4. The van der Waals surface area contributed by atoms with Crippen LogP contribution >= 0.6 is 0 Å². The van der Waals surface area contributed by atoms with Gasteiger partial charge < -0.3 is 9.80 Å². The standard InChI is InChI=1S/C31H34F6N2O2/c32-30(33,34)25-13-15-38(16-14-25)28(40)21-8-6-20(7-9-21)22-10-11-23(27(19-22)31(35,36)37)18-24-12-17-39(29(24)41)26-4-2-1-3-5-26/h6-11,19,24-26H,1-5,12-18H2. The minimum absolute atomic E-state index is 0.00305. The lowest BCUT2D eigenvalue weighted by atomic mass is 9.91. The zero-order valence-corrected chi connectivity index (χ0v) is 22.7. The summed E-state index contributed by atoms with van der Waals surface area (Å²) in [4.78, 5) is 29.2. The lowest BCUT2D eigenvalue weighted by molar-refractivity contribution is -0.183. The number of rotatable bonds is 5. The third kappa shape index (κ3) is 6.56. The van der Waals surface area contributed by atoms with Crippen molar-refractivity contribution in [2.24, 2.45) is 11.8 Å². The summed E-state index contributed by atoms with van der Waals surface area (Å²) < 4.78 is 81.2. The van der Waals surface area contributed by atoms with Gasteiger partial charge in [-0.2, -0.15) is 26.3 Å². The molecule has 5 rings (SSSR count). The smallest absolute Gasteiger partial charge is 0.339 e. The summed E-state index contributed by atoms with van der Waals surface area (Å²) in [5.74, 6) is -2.32. The Kier molecular flexibility index (Phi) is 8.39. The number of amides is 2. The Hall–Kier alpha value is -3.04. The number of benzene rings is 2.